The normalized spacial score (nSPS) is 18.6. The van der Waals surface area contributed by atoms with Gasteiger partial charge in [-0.05, 0) is 39.0 Å². The van der Waals surface area contributed by atoms with Gasteiger partial charge < -0.3 is 48.1 Å². The number of carboxylic acid groups (broad SMARTS) is 2. The summed E-state index contributed by atoms with van der Waals surface area (Å²) in [6.45, 7) is 1.62. The van der Waals surface area contributed by atoms with E-state index in [4.69, 9.17) is 22.3 Å². The molecular formula is C20H35N7O8. The minimum Gasteiger partial charge on any atom is -0.481 e. The summed E-state index contributed by atoms with van der Waals surface area (Å²) < 4.78 is 0. The number of carbonyl (C=O) groups excluding carboxylic acids is 3. The largest absolute Gasteiger partial charge is 0.481 e. The van der Waals surface area contributed by atoms with Crippen molar-refractivity contribution >= 4 is 35.6 Å². The van der Waals surface area contributed by atoms with Crippen LogP contribution in [-0.2, 0) is 24.0 Å². The number of amides is 3. The fraction of sp³-hybridized carbons (Fsp3) is 0.700. The lowest BCUT2D eigenvalue weighted by Crippen LogP contribution is -2.59. The molecule has 15 heteroatoms. The van der Waals surface area contributed by atoms with Crippen molar-refractivity contribution in [2.24, 2.45) is 22.2 Å². The Bertz CT molecular complexity index is 815. The molecule has 11 N–H and O–H groups in total. The maximum absolute atomic E-state index is 12.9. The number of nitrogens with two attached hydrogens (primary N) is 3. The van der Waals surface area contributed by atoms with Crippen molar-refractivity contribution in [3.05, 3.63) is 0 Å². The number of nitrogens with one attached hydrogen (secondary N) is 2. The predicted octanol–water partition coefficient (Wildman–Crippen LogP) is -3.34. The molecule has 0 aromatic rings. The molecule has 0 aromatic carbocycles. The van der Waals surface area contributed by atoms with Crippen molar-refractivity contribution < 1.29 is 39.3 Å². The number of aliphatic hydroxyl groups is 1. The van der Waals surface area contributed by atoms with E-state index in [9.17, 15) is 34.2 Å². The van der Waals surface area contributed by atoms with Gasteiger partial charge in [-0.25, -0.2) is 4.79 Å². The number of hydrogen-bond acceptors (Lipinski definition) is 8. The van der Waals surface area contributed by atoms with Crippen LogP contribution in [0.5, 0.6) is 0 Å². The lowest BCUT2D eigenvalue weighted by atomic mass is 10.1. The molecule has 0 radical (unpaired) electrons. The Labute approximate surface area is 202 Å². The molecule has 1 aliphatic rings. The van der Waals surface area contributed by atoms with Gasteiger partial charge in [-0.15, -0.1) is 0 Å². The van der Waals surface area contributed by atoms with E-state index in [0.29, 0.717) is 6.42 Å². The third-order valence-corrected chi connectivity index (χ3v) is 5.45. The summed E-state index contributed by atoms with van der Waals surface area (Å²) in [7, 11) is 0. The van der Waals surface area contributed by atoms with Gasteiger partial charge in [0, 0.05) is 19.5 Å². The van der Waals surface area contributed by atoms with Crippen LogP contribution in [0.2, 0.25) is 0 Å². The van der Waals surface area contributed by atoms with Gasteiger partial charge in [0.05, 0.1) is 12.1 Å². The Morgan fingerprint density at radius 2 is 1.77 bits per heavy atom. The van der Waals surface area contributed by atoms with Crippen LogP contribution in [-0.4, -0.2) is 99.2 Å². The van der Waals surface area contributed by atoms with E-state index >= 15 is 0 Å². The minimum atomic E-state index is -1.49. The topological polar surface area (TPSA) is 264 Å². The van der Waals surface area contributed by atoms with E-state index in [1.165, 1.54) is 11.8 Å². The summed E-state index contributed by atoms with van der Waals surface area (Å²) in [5.74, 6) is -4.81. The third-order valence-electron chi connectivity index (χ3n) is 5.45. The number of aliphatic imine (C=N–C) groups is 1. The fourth-order valence-corrected chi connectivity index (χ4v) is 3.60. The van der Waals surface area contributed by atoms with Crippen molar-refractivity contribution in [3.63, 3.8) is 0 Å². The van der Waals surface area contributed by atoms with Gasteiger partial charge in [-0.2, -0.15) is 0 Å². The summed E-state index contributed by atoms with van der Waals surface area (Å²) in [4.78, 5) is 65.4. The fourth-order valence-electron chi connectivity index (χ4n) is 3.60. The zero-order valence-electron chi connectivity index (χ0n) is 19.6. The summed E-state index contributed by atoms with van der Waals surface area (Å²) in [5, 5.41) is 32.9. The van der Waals surface area contributed by atoms with E-state index < -0.39 is 59.9 Å². The molecule has 3 amide bonds. The van der Waals surface area contributed by atoms with Crippen LogP contribution in [0.1, 0.15) is 45.4 Å². The number of nitrogens with zero attached hydrogens (tertiary/aromatic N) is 2. The number of hydrogen-bond donors (Lipinski definition) is 8. The molecule has 1 fully saturated rings. The number of aliphatic carboxylic acids is 2. The van der Waals surface area contributed by atoms with E-state index in [1.807, 2.05) is 0 Å². The summed E-state index contributed by atoms with van der Waals surface area (Å²) in [6, 6.07) is -4.88. The first-order chi connectivity index (χ1) is 16.3. The van der Waals surface area contributed by atoms with Crippen molar-refractivity contribution in [1.29, 1.82) is 0 Å². The number of carboxylic acids is 2. The minimum absolute atomic E-state index is 0.00251. The highest BCUT2D eigenvalue weighted by atomic mass is 16.4. The van der Waals surface area contributed by atoms with Gasteiger partial charge in [0.15, 0.2) is 5.96 Å². The second-order valence-electron chi connectivity index (χ2n) is 8.30. The van der Waals surface area contributed by atoms with Gasteiger partial charge in [0.25, 0.3) is 0 Å². The Balaban J connectivity index is 2.81. The highest BCUT2D eigenvalue weighted by Crippen LogP contribution is 2.19. The zero-order chi connectivity index (χ0) is 26.7. The number of likely N-dealkylation sites (tertiary alicyclic amines) is 1. The predicted molar refractivity (Wildman–Crippen MR) is 123 cm³/mol. The van der Waals surface area contributed by atoms with Crippen LogP contribution in [0, 0.1) is 0 Å². The average Bonchev–Trinajstić information content (AvgIpc) is 3.26. The molecule has 5 atom stereocenters. The van der Waals surface area contributed by atoms with Crippen LogP contribution in [0.3, 0.4) is 0 Å². The van der Waals surface area contributed by atoms with Crippen LogP contribution in [0.4, 0.5) is 0 Å². The Morgan fingerprint density at radius 3 is 2.31 bits per heavy atom. The quantitative estimate of drug-likeness (QED) is 0.0662. The van der Waals surface area contributed by atoms with Crippen LogP contribution < -0.4 is 27.8 Å². The highest BCUT2D eigenvalue weighted by molar-refractivity contribution is 5.94. The molecule has 1 saturated heterocycles. The lowest BCUT2D eigenvalue weighted by Gasteiger charge is -2.29. The first-order valence-electron chi connectivity index (χ1n) is 11.2. The lowest BCUT2D eigenvalue weighted by molar-refractivity contribution is -0.144. The Hall–Kier alpha value is -3.46. The van der Waals surface area contributed by atoms with Crippen molar-refractivity contribution in [3.8, 4) is 0 Å². The number of aliphatic hydroxyl groups excluding tert-OH is 1. The maximum atomic E-state index is 12.9. The second kappa shape index (κ2) is 14.1. The first kappa shape index (κ1) is 29.6. The van der Waals surface area contributed by atoms with E-state index in [-0.39, 0.29) is 51.2 Å². The van der Waals surface area contributed by atoms with Crippen LogP contribution in [0.15, 0.2) is 4.99 Å². The molecular weight excluding hydrogens is 466 g/mol. The van der Waals surface area contributed by atoms with Gasteiger partial charge >= 0.3 is 11.9 Å². The van der Waals surface area contributed by atoms with Crippen LogP contribution >= 0.6 is 0 Å². The molecule has 1 rings (SSSR count). The molecule has 1 aliphatic heterocycles. The summed E-state index contributed by atoms with van der Waals surface area (Å²) >= 11 is 0. The molecule has 0 aromatic heterocycles. The molecule has 198 valence electrons. The molecule has 15 nitrogen and oxygen atoms in total. The van der Waals surface area contributed by atoms with E-state index in [1.54, 1.807) is 0 Å². The molecule has 0 saturated carbocycles. The highest BCUT2D eigenvalue weighted by Gasteiger charge is 2.38. The first-order valence-corrected chi connectivity index (χ1v) is 11.2. The summed E-state index contributed by atoms with van der Waals surface area (Å²) in [6.07, 6.45) is -0.772. The molecule has 1 heterocycles. The molecule has 0 spiro atoms. The van der Waals surface area contributed by atoms with E-state index in [2.05, 4.69) is 15.6 Å². The van der Waals surface area contributed by atoms with Crippen molar-refractivity contribution in [1.82, 2.24) is 15.5 Å². The van der Waals surface area contributed by atoms with Crippen molar-refractivity contribution in [2.75, 3.05) is 13.1 Å². The molecule has 35 heavy (non-hydrogen) atoms. The standard InChI is InChI=1S/C20H35N7O8/c1-10(28)15(17(32)25-12(19(34)35)4-2-8-24-20(22)23)26-16(31)13-5-3-9-27(13)18(33)11(21)6-7-14(29)30/h10-13,15,28H,2-9,21H2,1H3,(H,25,32)(H,26,31)(H,29,30)(H,34,35)(H4,22,23,24). The number of carbonyl (C=O) groups is 5. The Kier molecular flexibility index (Phi) is 11.9. The summed E-state index contributed by atoms with van der Waals surface area (Å²) in [5.41, 5.74) is 16.2. The van der Waals surface area contributed by atoms with E-state index in [0.717, 1.165) is 0 Å². The van der Waals surface area contributed by atoms with Crippen LogP contribution in [0.25, 0.3) is 0 Å². The Morgan fingerprint density at radius 1 is 1.11 bits per heavy atom. The molecule has 5 unspecified atom stereocenters. The number of rotatable bonds is 14. The van der Waals surface area contributed by atoms with Gasteiger partial charge in [-0.1, -0.05) is 0 Å². The van der Waals surface area contributed by atoms with Crippen molar-refractivity contribution in [2.45, 2.75) is 75.7 Å². The smallest absolute Gasteiger partial charge is 0.326 e. The zero-order valence-corrected chi connectivity index (χ0v) is 19.6. The molecule has 0 bridgehead atoms. The van der Waals surface area contributed by atoms with Gasteiger partial charge in [0.2, 0.25) is 17.7 Å². The maximum Gasteiger partial charge on any atom is 0.326 e. The van der Waals surface area contributed by atoms with Gasteiger partial charge in [-0.3, -0.25) is 24.2 Å². The van der Waals surface area contributed by atoms with Gasteiger partial charge in [0.1, 0.15) is 18.1 Å². The number of guanidine groups is 1. The SMILES string of the molecule is CC(O)C(NC(=O)C1CCCN1C(=O)C(N)CCC(=O)O)C(=O)NC(CCCN=C(N)N)C(=O)O. The monoisotopic (exact) mass is 501 g/mol. The second-order valence-corrected chi connectivity index (χ2v) is 8.30. The molecule has 0 aliphatic carbocycles. The average molecular weight is 502 g/mol. The third kappa shape index (κ3) is 9.74.